The Labute approximate surface area is 110 Å². The highest BCUT2D eigenvalue weighted by atomic mass is 16.6. The summed E-state index contributed by atoms with van der Waals surface area (Å²) >= 11 is 0. The molecule has 19 heavy (non-hydrogen) atoms. The van der Waals surface area contributed by atoms with E-state index < -0.39 is 11.7 Å². The molecule has 2 saturated heterocycles. The summed E-state index contributed by atoms with van der Waals surface area (Å²) < 4.78 is 10.5. The van der Waals surface area contributed by atoms with E-state index >= 15 is 0 Å². The van der Waals surface area contributed by atoms with Gasteiger partial charge in [-0.25, -0.2) is 9.69 Å². The Morgan fingerprint density at radius 2 is 1.74 bits per heavy atom. The number of benzene rings is 1. The minimum atomic E-state index is -1.04. The molecule has 0 aromatic heterocycles. The van der Waals surface area contributed by atoms with E-state index in [0.29, 0.717) is 37.4 Å². The molecule has 100 valence electrons. The average molecular weight is 262 g/mol. The van der Waals surface area contributed by atoms with Crippen LogP contribution in [0.5, 0.6) is 0 Å². The Kier molecular flexibility index (Phi) is 2.67. The number of carbonyl (C=O) groups is 2. The van der Waals surface area contributed by atoms with Crippen LogP contribution < -0.4 is 10.6 Å². The van der Waals surface area contributed by atoms with Gasteiger partial charge in [0, 0.05) is 18.5 Å². The molecule has 6 heteroatoms. The van der Waals surface area contributed by atoms with Crippen LogP contribution in [0.15, 0.2) is 24.3 Å². The standard InChI is InChI=1S/C13H14N2O4/c14-9-1-3-10(4-2-9)15-11(16)13(19-12(15)17)5-7-18-8-6-13/h1-4H,5-8,14H2. The molecule has 0 bridgehead atoms. The van der Waals surface area contributed by atoms with E-state index in [4.69, 9.17) is 15.2 Å². The minimum Gasteiger partial charge on any atom is -0.432 e. The van der Waals surface area contributed by atoms with Crippen molar-refractivity contribution in [1.29, 1.82) is 0 Å². The number of nitrogen functional groups attached to an aromatic ring is 1. The van der Waals surface area contributed by atoms with Gasteiger partial charge < -0.3 is 15.2 Å². The van der Waals surface area contributed by atoms with Crippen molar-refractivity contribution in [2.24, 2.45) is 0 Å². The van der Waals surface area contributed by atoms with Gasteiger partial charge in [-0.1, -0.05) is 0 Å². The van der Waals surface area contributed by atoms with Gasteiger partial charge >= 0.3 is 6.09 Å². The highest BCUT2D eigenvalue weighted by Gasteiger charge is 2.55. The molecule has 0 atom stereocenters. The van der Waals surface area contributed by atoms with Gasteiger partial charge in [0.15, 0.2) is 5.60 Å². The molecule has 3 rings (SSSR count). The number of nitrogens with two attached hydrogens (primary N) is 1. The molecule has 0 unspecified atom stereocenters. The molecule has 2 N–H and O–H groups in total. The second-order valence-electron chi connectivity index (χ2n) is 4.71. The highest BCUT2D eigenvalue weighted by Crippen LogP contribution is 2.36. The van der Waals surface area contributed by atoms with Crippen molar-refractivity contribution in [2.75, 3.05) is 23.8 Å². The van der Waals surface area contributed by atoms with Gasteiger partial charge in [-0.3, -0.25) is 4.79 Å². The number of imide groups is 1. The molecule has 6 nitrogen and oxygen atoms in total. The van der Waals surface area contributed by atoms with Crippen LogP contribution in [0.3, 0.4) is 0 Å². The molecule has 1 aromatic rings. The van der Waals surface area contributed by atoms with E-state index in [1.807, 2.05) is 0 Å². The lowest BCUT2D eigenvalue weighted by Crippen LogP contribution is -2.45. The zero-order chi connectivity index (χ0) is 13.5. The van der Waals surface area contributed by atoms with Crippen LogP contribution in [0.1, 0.15) is 12.8 Å². The van der Waals surface area contributed by atoms with Crippen molar-refractivity contribution in [1.82, 2.24) is 0 Å². The third-order valence-electron chi connectivity index (χ3n) is 3.51. The van der Waals surface area contributed by atoms with Crippen LogP contribution in [-0.2, 0) is 14.3 Å². The first-order valence-corrected chi connectivity index (χ1v) is 6.13. The molecule has 0 radical (unpaired) electrons. The second kappa shape index (κ2) is 4.24. The van der Waals surface area contributed by atoms with E-state index in [9.17, 15) is 9.59 Å². The topological polar surface area (TPSA) is 81.9 Å². The number of anilines is 2. The largest absolute Gasteiger partial charge is 0.432 e. The first kappa shape index (κ1) is 12.0. The summed E-state index contributed by atoms with van der Waals surface area (Å²) in [4.78, 5) is 25.5. The van der Waals surface area contributed by atoms with Gasteiger partial charge in [-0.05, 0) is 24.3 Å². The van der Waals surface area contributed by atoms with Gasteiger partial charge in [0.25, 0.3) is 5.91 Å². The smallest absolute Gasteiger partial charge is 0.422 e. The summed E-state index contributed by atoms with van der Waals surface area (Å²) in [6.07, 6.45) is 0.184. The molecule has 1 aromatic carbocycles. The second-order valence-corrected chi connectivity index (χ2v) is 4.71. The number of ether oxygens (including phenoxy) is 2. The Balaban J connectivity index is 1.92. The van der Waals surface area contributed by atoms with E-state index in [1.165, 1.54) is 0 Å². The summed E-state index contributed by atoms with van der Waals surface area (Å²) in [6, 6.07) is 6.55. The summed E-state index contributed by atoms with van der Waals surface area (Å²) in [6.45, 7) is 0.850. The zero-order valence-corrected chi connectivity index (χ0v) is 10.3. The molecule has 1 spiro atoms. The average Bonchev–Trinajstić information content (AvgIpc) is 2.64. The fourth-order valence-corrected chi connectivity index (χ4v) is 2.41. The highest BCUT2D eigenvalue weighted by molar-refractivity contribution is 6.20. The number of amides is 2. The van der Waals surface area contributed by atoms with E-state index in [1.54, 1.807) is 24.3 Å². The van der Waals surface area contributed by atoms with Gasteiger partial charge in [-0.15, -0.1) is 0 Å². The predicted molar refractivity (Wildman–Crippen MR) is 67.6 cm³/mol. The number of hydrogen-bond donors (Lipinski definition) is 1. The predicted octanol–water partition coefficient (Wildman–Crippen LogP) is 1.30. The van der Waals surface area contributed by atoms with Crippen molar-refractivity contribution in [3.8, 4) is 0 Å². The Morgan fingerprint density at radius 1 is 1.11 bits per heavy atom. The number of nitrogens with zero attached hydrogens (tertiary/aromatic N) is 1. The van der Waals surface area contributed by atoms with Crippen LogP contribution in [-0.4, -0.2) is 30.8 Å². The van der Waals surface area contributed by atoms with Gasteiger partial charge in [-0.2, -0.15) is 0 Å². The van der Waals surface area contributed by atoms with Crippen molar-refractivity contribution >= 4 is 23.4 Å². The fourth-order valence-electron chi connectivity index (χ4n) is 2.41. The fraction of sp³-hybridized carbons (Fsp3) is 0.385. The maximum absolute atomic E-state index is 12.5. The van der Waals surface area contributed by atoms with Crippen molar-refractivity contribution < 1.29 is 19.1 Å². The van der Waals surface area contributed by atoms with Crippen LogP contribution in [0.4, 0.5) is 16.2 Å². The molecule has 2 heterocycles. The summed E-state index contributed by atoms with van der Waals surface area (Å²) in [7, 11) is 0. The number of carbonyl (C=O) groups excluding carboxylic acids is 2. The van der Waals surface area contributed by atoms with Gasteiger partial charge in [0.2, 0.25) is 0 Å². The Hall–Kier alpha value is -2.08. The third kappa shape index (κ3) is 1.84. The Bertz CT molecular complexity index is 520. The summed E-state index contributed by atoms with van der Waals surface area (Å²) in [5.41, 5.74) is 5.60. The number of hydrogen-bond acceptors (Lipinski definition) is 5. The van der Waals surface area contributed by atoms with Gasteiger partial charge in [0.1, 0.15) is 0 Å². The van der Waals surface area contributed by atoms with E-state index in [-0.39, 0.29) is 5.91 Å². The third-order valence-corrected chi connectivity index (χ3v) is 3.51. The van der Waals surface area contributed by atoms with Crippen LogP contribution in [0, 0.1) is 0 Å². The van der Waals surface area contributed by atoms with Crippen LogP contribution in [0.25, 0.3) is 0 Å². The molecule has 2 aliphatic rings. The molecule has 2 aliphatic heterocycles. The van der Waals surface area contributed by atoms with E-state index in [0.717, 1.165) is 4.90 Å². The van der Waals surface area contributed by atoms with Crippen LogP contribution in [0.2, 0.25) is 0 Å². The monoisotopic (exact) mass is 262 g/mol. The SMILES string of the molecule is Nc1ccc(N2C(=O)OC3(CCOCC3)C2=O)cc1. The lowest BCUT2D eigenvalue weighted by molar-refractivity contribution is -0.137. The van der Waals surface area contributed by atoms with Crippen molar-refractivity contribution in [2.45, 2.75) is 18.4 Å². The maximum Gasteiger partial charge on any atom is 0.422 e. The first-order valence-electron chi connectivity index (χ1n) is 6.13. The lowest BCUT2D eigenvalue weighted by atomic mass is 9.93. The van der Waals surface area contributed by atoms with E-state index in [2.05, 4.69) is 0 Å². The first-order chi connectivity index (χ1) is 9.12. The quantitative estimate of drug-likeness (QED) is 0.771. The zero-order valence-electron chi connectivity index (χ0n) is 10.3. The normalized spacial score (nSPS) is 21.8. The lowest BCUT2D eigenvalue weighted by Gasteiger charge is -2.28. The minimum absolute atomic E-state index is 0.314. The van der Waals surface area contributed by atoms with Crippen molar-refractivity contribution in [3.63, 3.8) is 0 Å². The maximum atomic E-state index is 12.5. The van der Waals surface area contributed by atoms with Crippen LogP contribution >= 0.6 is 0 Å². The number of rotatable bonds is 1. The molecule has 0 saturated carbocycles. The van der Waals surface area contributed by atoms with Crippen molar-refractivity contribution in [3.05, 3.63) is 24.3 Å². The Morgan fingerprint density at radius 3 is 2.37 bits per heavy atom. The molecule has 2 fully saturated rings. The molecule has 0 aliphatic carbocycles. The summed E-state index contributed by atoms with van der Waals surface area (Å²) in [5.74, 6) is -0.314. The molecular weight excluding hydrogens is 248 g/mol. The summed E-state index contributed by atoms with van der Waals surface area (Å²) in [5, 5.41) is 0. The molecular formula is C13H14N2O4. The molecule has 2 amide bonds. The van der Waals surface area contributed by atoms with Gasteiger partial charge in [0.05, 0.1) is 18.9 Å².